The van der Waals surface area contributed by atoms with Crippen LogP contribution in [0.4, 0.5) is 0 Å². The van der Waals surface area contributed by atoms with Crippen LogP contribution in [0.5, 0.6) is 0 Å². The highest BCUT2D eigenvalue weighted by molar-refractivity contribution is 7.89. The van der Waals surface area contributed by atoms with Gasteiger partial charge in [-0.25, -0.2) is 13.1 Å². The average molecular weight is 267 g/mol. The third-order valence-electron chi connectivity index (χ3n) is 2.29. The zero-order valence-electron chi connectivity index (χ0n) is 9.38. The standard InChI is InChI=1S/C12H13NO2S2/c1-10-7-8-11(16-10)9-13-17(14,15)12-5-3-2-4-6-12/h2-8,13H,9H2,1H3. The third kappa shape index (κ3) is 3.15. The van der Waals surface area contributed by atoms with Gasteiger partial charge in [-0.2, -0.15) is 0 Å². The molecule has 0 saturated heterocycles. The maximum Gasteiger partial charge on any atom is 0.240 e. The molecule has 0 aliphatic rings. The fourth-order valence-electron chi connectivity index (χ4n) is 1.43. The van der Waals surface area contributed by atoms with Crippen LogP contribution in [0.25, 0.3) is 0 Å². The van der Waals surface area contributed by atoms with Gasteiger partial charge < -0.3 is 0 Å². The van der Waals surface area contributed by atoms with Gasteiger partial charge in [0.2, 0.25) is 10.0 Å². The van der Waals surface area contributed by atoms with Gasteiger partial charge in [-0.1, -0.05) is 18.2 Å². The smallest absolute Gasteiger partial charge is 0.207 e. The van der Waals surface area contributed by atoms with E-state index in [0.29, 0.717) is 11.4 Å². The van der Waals surface area contributed by atoms with E-state index in [1.807, 2.05) is 19.1 Å². The van der Waals surface area contributed by atoms with Crippen molar-refractivity contribution in [3.8, 4) is 0 Å². The zero-order valence-corrected chi connectivity index (χ0v) is 11.0. The Morgan fingerprint density at radius 3 is 2.41 bits per heavy atom. The minimum Gasteiger partial charge on any atom is -0.207 e. The topological polar surface area (TPSA) is 46.2 Å². The number of benzene rings is 1. The number of aryl methyl sites for hydroxylation is 1. The summed E-state index contributed by atoms with van der Waals surface area (Å²) in [5, 5.41) is 0. The molecule has 0 radical (unpaired) electrons. The molecule has 0 aliphatic heterocycles. The second-order valence-corrected chi connectivity index (χ2v) is 6.79. The molecule has 0 bridgehead atoms. The Hall–Kier alpha value is -1.17. The Labute approximate surface area is 105 Å². The first kappa shape index (κ1) is 12.3. The van der Waals surface area contributed by atoms with Gasteiger partial charge in [0.1, 0.15) is 0 Å². The van der Waals surface area contributed by atoms with Crippen LogP contribution in [0.1, 0.15) is 9.75 Å². The largest absolute Gasteiger partial charge is 0.240 e. The minimum absolute atomic E-state index is 0.299. The van der Waals surface area contributed by atoms with Crippen molar-refractivity contribution >= 4 is 21.4 Å². The maximum atomic E-state index is 11.9. The lowest BCUT2D eigenvalue weighted by Crippen LogP contribution is -2.22. The number of thiophene rings is 1. The van der Waals surface area contributed by atoms with Crippen molar-refractivity contribution in [1.29, 1.82) is 0 Å². The number of sulfonamides is 1. The molecule has 0 fully saturated rings. The summed E-state index contributed by atoms with van der Waals surface area (Å²) in [4.78, 5) is 2.49. The van der Waals surface area contributed by atoms with Gasteiger partial charge in [0.05, 0.1) is 4.90 Å². The molecule has 0 unspecified atom stereocenters. The molecule has 1 heterocycles. The first-order valence-electron chi connectivity index (χ1n) is 5.18. The highest BCUT2D eigenvalue weighted by Gasteiger charge is 2.12. The van der Waals surface area contributed by atoms with Crippen molar-refractivity contribution in [2.45, 2.75) is 18.4 Å². The molecule has 0 amide bonds. The van der Waals surface area contributed by atoms with E-state index in [2.05, 4.69) is 4.72 Å². The number of hydrogen-bond donors (Lipinski definition) is 1. The Bertz CT molecular complexity index is 588. The monoisotopic (exact) mass is 267 g/mol. The lowest BCUT2D eigenvalue weighted by Gasteiger charge is -2.04. The molecule has 1 aromatic heterocycles. The summed E-state index contributed by atoms with van der Waals surface area (Å²) in [6.07, 6.45) is 0. The lowest BCUT2D eigenvalue weighted by atomic mass is 10.4. The summed E-state index contributed by atoms with van der Waals surface area (Å²) in [5.41, 5.74) is 0. The third-order valence-corrected chi connectivity index (χ3v) is 4.70. The molecule has 0 aliphatic carbocycles. The van der Waals surface area contributed by atoms with E-state index in [1.54, 1.807) is 41.7 Å². The van der Waals surface area contributed by atoms with Gasteiger partial charge in [0.15, 0.2) is 0 Å². The zero-order chi connectivity index (χ0) is 12.3. The van der Waals surface area contributed by atoms with Crippen LogP contribution in [-0.2, 0) is 16.6 Å². The number of rotatable bonds is 4. The van der Waals surface area contributed by atoms with E-state index in [1.165, 1.54) is 4.88 Å². The van der Waals surface area contributed by atoms with Crippen LogP contribution >= 0.6 is 11.3 Å². The number of nitrogens with one attached hydrogen (secondary N) is 1. The van der Waals surface area contributed by atoms with Crippen molar-refractivity contribution < 1.29 is 8.42 Å². The van der Waals surface area contributed by atoms with E-state index in [9.17, 15) is 8.42 Å². The van der Waals surface area contributed by atoms with Gasteiger partial charge >= 0.3 is 0 Å². The molecular weight excluding hydrogens is 254 g/mol. The summed E-state index contributed by atoms with van der Waals surface area (Å²) in [6, 6.07) is 12.3. The van der Waals surface area contributed by atoms with Gasteiger partial charge in [-0.3, -0.25) is 0 Å². The quantitative estimate of drug-likeness (QED) is 0.925. The summed E-state index contributed by atoms with van der Waals surface area (Å²) < 4.78 is 26.4. The predicted molar refractivity (Wildman–Crippen MR) is 69.5 cm³/mol. The molecule has 0 spiro atoms. The van der Waals surface area contributed by atoms with Crippen molar-refractivity contribution in [2.24, 2.45) is 0 Å². The Morgan fingerprint density at radius 2 is 1.82 bits per heavy atom. The normalized spacial score (nSPS) is 11.6. The molecule has 1 aromatic carbocycles. The van der Waals surface area contributed by atoms with E-state index in [-0.39, 0.29) is 0 Å². The summed E-state index contributed by atoms with van der Waals surface area (Å²) in [5.74, 6) is 0. The van der Waals surface area contributed by atoms with Crippen LogP contribution in [0.3, 0.4) is 0 Å². The SMILES string of the molecule is Cc1ccc(CNS(=O)(=O)c2ccccc2)s1. The molecule has 90 valence electrons. The van der Waals surface area contributed by atoms with E-state index < -0.39 is 10.0 Å². The van der Waals surface area contributed by atoms with Crippen molar-refractivity contribution in [2.75, 3.05) is 0 Å². The van der Waals surface area contributed by atoms with Crippen LogP contribution in [0, 0.1) is 6.92 Å². The van der Waals surface area contributed by atoms with E-state index >= 15 is 0 Å². The Balaban J connectivity index is 2.09. The van der Waals surface area contributed by atoms with Crippen LogP contribution in [-0.4, -0.2) is 8.42 Å². The van der Waals surface area contributed by atoms with Gasteiger partial charge in [-0.05, 0) is 31.2 Å². The van der Waals surface area contributed by atoms with Crippen LogP contribution in [0.15, 0.2) is 47.4 Å². The molecule has 17 heavy (non-hydrogen) atoms. The summed E-state index contributed by atoms with van der Waals surface area (Å²) in [6.45, 7) is 2.34. The second kappa shape index (κ2) is 5.00. The highest BCUT2D eigenvalue weighted by atomic mass is 32.2. The molecular formula is C12H13NO2S2. The molecule has 0 atom stereocenters. The maximum absolute atomic E-state index is 11.9. The van der Waals surface area contributed by atoms with Gasteiger partial charge in [0, 0.05) is 16.3 Å². The van der Waals surface area contributed by atoms with Crippen LogP contribution < -0.4 is 4.72 Å². The Morgan fingerprint density at radius 1 is 1.12 bits per heavy atom. The van der Waals surface area contributed by atoms with Crippen LogP contribution in [0.2, 0.25) is 0 Å². The van der Waals surface area contributed by atoms with Gasteiger partial charge in [0.25, 0.3) is 0 Å². The molecule has 2 aromatic rings. The van der Waals surface area contributed by atoms with Crippen molar-refractivity contribution in [3.63, 3.8) is 0 Å². The summed E-state index contributed by atoms with van der Waals surface area (Å²) in [7, 11) is -3.39. The molecule has 5 heteroatoms. The molecule has 2 rings (SSSR count). The Kier molecular flexibility index (Phi) is 3.61. The molecule has 0 saturated carbocycles. The first-order valence-corrected chi connectivity index (χ1v) is 7.48. The number of hydrogen-bond acceptors (Lipinski definition) is 3. The van der Waals surface area contributed by atoms with Crippen molar-refractivity contribution in [3.05, 3.63) is 52.2 Å². The predicted octanol–water partition coefficient (Wildman–Crippen LogP) is 2.54. The average Bonchev–Trinajstić information content (AvgIpc) is 2.74. The fourth-order valence-corrected chi connectivity index (χ4v) is 3.38. The minimum atomic E-state index is -3.39. The van der Waals surface area contributed by atoms with E-state index in [0.717, 1.165) is 4.88 Å². The summed E-state index contributed by atoms with van der Waals surface area (Å²) >= 11 is 1.60. The van der Waals surface area contributed by atoms with E-state index in [4.69, 9.17) is 0 Å². The lowest BCUT2D eigenvalue weighted by molar-refractivity contribution is 0.582. The fraction of sp³-hybridized carbons (Fsp3) is 0.167. The van der Waals surface area contributed by atoms with Gasteiger partial charge in [-0.15, -0.1) is 11.3 Å². The first-order chi connectivity index (χ1) is 8.08. The molecule has 1 N–H and O–H groups in total. The van der Waals surface area contributed by atoms with Crippen molar-refractivity contribution in [1.82, 2.24) is 4.72 Å². The molecule has 3 nitrogen and oxygen atoms in total. The second-order valence-electron chi connectivity index (χ2n) is 3.65. The highest BCUT2D eigenvalue weighted by Crippen LogP contribution is 2.16.